The molecule has 134 valence electrons. The highest BCUT2D eigenvalue weighted by atomic mass is 32.1. The van der Waals surface area contributed by atoms with E-state index in [4.69, 9.17) is 14.9 Å². The van der Waals surface area contributed by atoms with Gasteiger partial charge in [0.25, 0.3) is 0 Å². The van der Waals surface area contributed by atoms with E-state index in [0.717, 1.165) is 4.88 Å². The third-order valence-electron chi connectivity index (χ3n) is 2.57. The van der Waals surface area contributed by atoms with Crippen molar-refractivity contribution in [3.63, 3.8) is 0 Å². The number of hydrogen-bond acceptors (Lipinski definition) is 7. The van der Waals surface area contributed by atoms with Gasteiger partial charge in [-0.1, -0.05) is 0 Å². The van der Waals surface area contributed by atoms with E-state index < -0.39 is 23.7 Å². The molecule has 1 atom stereocenters. The van der Waals surface area contributed by atoms with Gasteiger partial charge in [-0.3, -0.25) is 10.2 Å². The lowest BCUT2D eigenvalue weighted by atomic mass is 10.2. The Morgan fingerprint density at radius 2 is 2.04 bits per heavy atom. The Labute approximate surface area is 144 Å². The fourth-order valence-corrected chi connectivity index (χ4v) is 2.60. The first-order valence-electron chi connectivity index (χ1n) is 7.21. The molecular weight excluding hydrogens is 334 g/mol. The summed E-state index contributed by atoms with van der Waals surface area (Å²) in [5.41, 5.74) is 2.18. The van der Waals surface area contributed by atoms with Crippen LogP contribution in [0.25, 0.3) is 0 Å². The van der Waals surface area contributed by atoms with E-state index in [0.29, 0.717) is 5.56 Å². The number of alkyl carbamates (subject to hydrolysis) is 1. The minimum Gasteiger partial charge on any atom is -0.444 e. The van der Waals surface area contributed by atoms with Crippen LogP contribution >= 0.6 is 11.3 Å². The lowest BCUT2D eigenvalue weighted by molar-refractivity contribution is -0.145. The molecule has 1 amide bonds. The highest BCUT2D eigenvalue weighted by molar-refractivity contribution is 7.10. The number of rotatable bonds is 5. The van der Waals surface area contributed by atoms with Crippen LogP contribution < -0.4 is 10.8 Å². The van der Waals surface area contributed by atoms with Crippen LogP contribution in [0.2, 0.25) is 0 Å². The number of methoxy groups -OCH3 is 1. The van der Waals surface area contributed by atoms with Crippen molar-refractivity contribution in [3.8, 4) is 0 Å². The second-order valence-corrected chi connectivity index (χ2v) is 6.91. The van der Waals surface area contributed by atoms with Gasteiger partial charge in [0.1, 0.15) is 5.60 Å². The predicted molar refractivity (Wildman–Crippen MR) is 90.0 cm³/mol. The Balaban J connectivity index is 2.77. The Kier molecular flexibility index (Phi) is 7.18. The van der Waals surface area contributed by atoms with Crippen molar-refractivity contribution in [3.05, 3.63) is 21.9 Å². The first-order chi connectivity index (χ1) is 11.1. The minimum atomic E-state index is -0.599. The number of ether oxygens (including phenoxy) is 2. The van der Waals surface area contributed by atoms with Gasteiger partial charge >= 0.3 is 12.1 Å². The zero-order valence-corrected chi connectivity index (χ0v) is 15.2. The fraction of sp³-hybridized carbons (Fsp3) is 0.533. The van der Waals surface area contributed by atoms with Crippen LogP contribution in [0.1, 0.15) is 44.2 Å². The van der Waals surface area contributed by atoms with Gasteiger partial charge in [-0.15, -0.1) is 11.3 Å². The second kappa shape index (κ2) is 8.65. The Morgan fingerprint density at radius 1 is 1.38 bits per heavy atom. The molecule has 0 spiro atoms. The average Bonchev–Trinajstić information content (AvgIpc) is 2.92. The van der Waals surface area contributed by atoms with E-state index in [1.165, 1.54) is 25.4 Å². The molecule has 0 bridgehead atoms. The lowest BCUT2D eigenvalue weighted by Crippen LogP contribution is -2.36. The summed E-state index contributed by atoms with van der Waals surface area (Å²) < 4.78 is 10.4. The zero-order valence-electron chi connectivity index (χ0n) is 14.4. The quantitative estimate of drug-likeness (QED) is 0.424. The van der Waals surface area contributed by atoms with Gasteiger partial charge in [-0.2, -0.15) is 0 Å². The zero-order chi connectivity index (χ0) is 18.3. The second-order valence-electron chi connectivity index (χ2n) is 5.96. The number of carbonyl (C=O) groups is 2. The Hall–Kier alpha value is -2.13. The number of hydroxylamine groups is 1. The average molecular weight is 357 g/mol. The molecule has 0 fully saturated rings. The van der Waals surface area contributed by atoms with Crippen molar-refractivity contribution in [1.29, 1.82) is 5.41 Å². The monoisotopic (exact) mass is 357 g/mol. The van der Waals surface area contributed by atoms with Crippen LogP contribution in [0.3, 0.4) is 0 Å². The van der Waals surface area contributed by atoms with Crippen molar-refractivity contribution in [1.82, 2.24) is 10.8 Å². The number of amides is 1. The fourth-order valence-electron chi connectivity index (χ4n) is 1.66. The summed E-state index contributed by atoms with van der Waals surface area (Å²) in [5, 5.41) is 12.3. The van der Waals surface area contributed by atoms with Crippen LogP contribution in [0, 0.1) is 5.41 Å². The molecular formula is C15H23N3O5S. The molecule has 0 saturated carbocycles. The number of hydrogen-bond donors (Lipinski definition) is 3. The molecule has 0 aromatic carbocycles. The van der Waals surface area contributed by atoms with Crippen molar-refractivity contribution in [2.75, 3.05) is 13.7 Å². The van der Waals surface area contributed by atoms with E-state index in [2.05, 4.69) is 15.6 Å². The Morgan fingerprint density at radius 3 is 2.58 bits per heavy atom. The third kappa shape index (κ3) is 6.97. The molecule has 1 rings (SSSR count). The molecule has 8 nitrogen and oxygen atoms in total. The van der Waals surface area contributed by atoms with Gasteiger partial charge in [0.2, 0.25) is 0 Å². The largest absolute Gasteiger partial charge is 0.444 e. The molecule has 1 aromatic heterocycles. The maximum atomic E-state index is 11.9. The van der Waals surface area contributed by atoms with E-state index >= 15 is 0 Å². The van der Waals surface area contributed by atoms with Gasteiger partial charge in [0.05, 0.1) is 12.6 Å². The first-order valence-corrected chi connectivity index (χ1v) is 8.09. The van der Waals surface area contributed by atoms with Crippen molar-refractivity contribution in [2.45, 2.75) is 39.3 Å². The maximum absolute atomic E-state index is 11.9. The van der Waals surface area contributed by atoms with E-state index in [-0.39, 0.29) is 12.4 Å². The van der Waals surface area contributed by atoms with Crippen LogP contribution in [0.4, 0.5) is 4.79 Å². The summed E-state index contributed by atoms with van der Waals surface area (Å²) >= 11 is 1.35. The van der Waals surface area contributed by atoms with Crippen LogP contribution in [0.5, 0.6) is 0 Å². The molecule has 1 heterocycles. The summed E-state index contributed by atoms with van der Waals surface area (Å²) in [6.07, 6.45) is -0.549. The molecule has 0 radical (unpaired) electrons. The van der Waals surface area contributed by atoms with E-state index in [9.17, 15) is 9.59 Å². The smallest absolute Gasteiger partial charge is 0.408 e. The van der Waals surface area contributed by atoms with E-state index in [1.807, 2.05) is 0 Å². The highest BCUT2D eigenvalue weighted by Crippen LogP contribution is 2.23. The molecule has 0 unspecified atom stereocenters. The third-order valence-corrected chi connectivity index (χ3v) is 3.62. The summed E-state index contributed by atoms with van der Waals surface area (Å²) in [6.45, 7) is 6.83. The molecule has 24 heavy (non-hydrogen) atoms. The van der Waals surface area contributed by atoms with Crippen molar-refractivity contribution >= 4 is 29.2 Å². The van der Waals surface area contributed by atoms with Gasteiger partial charge in [-0.25, -0.2) is 10.3 Å². The molecule has 0 aliphatic rings. The van der Waals surface area contributed by atoms with Crippen LogP contribution in [-0.2, 0) is 19.1 Å². The summed E-state index contributed by atoms with van der Waals surface area (Å²) in [7, 11) is 1.53. The molecule has 1 aromatic rings. The number of amidine groups is 1. The molecule has 0 aliphatic heterocycles. The van der Waals surface area contributed by atoms with Crippen LogP contribution in [0.15, 0.2) is 11.4 Å². The lowest BCUT2D eigenvalue weighted by Gasteiger charge is -2.22. The highest BCUT2D eigenvalue weighted by Gasteiger charge is 2.22. The van der Waals surface area contributed by atoms with E-state index in [1.54, 1.807) is 32.2 Å². The topological polar surface area (TPSA) is 110 Å². The number of carbonyl (C=O) groups excluding carboxylic acids is 2. The maximum Gasteiger partial charge on any atom is 0.408 e. The van der Waals surface area contributed by atoms with Crippen molar-refractivity contribution < 1.29 is 23.9 Å². The van der Waals surface area contributed by atoms with Crippen molar-refractivity contribution in [2.24, 2.45) is 0 Å². The van der Waals surface area contributed by atoms with Gasteiger partial charge < -0.3 is 19.6 Å². The SMILES string of the molecule is COC[C@@H](NC(=O)OC(C)(C)C)c1cc(C(=N)NOC(C)=O)cs1. The normalized spacial score (nSPS) is 12.2. The molecule has 9 heteroatoms. The van der Waals surface area contributed by atoms with Gasteiger partial charge in [0.15, 0.2) is 5.84 Å². The van der Waals surface area contributed by atoms with Crippen LogP contribution in [-0.4, -0.2) is 37.2 Å². The van der Waals surface area contributed by atoms with Gasteiger partial charge in [-0.05, 0) is 26.8 Å². The standard InChI is InChI=1S/C15H23N3O5S/c1-9(19)23-18-13(16)10-6-12(24-8-10)11(7-21-5)17-14(20)22-15(2,3)4/h6,8,11H,7H2,1-5H3,(H2,16,18)(H,17,20)/t11-/m1/s1. The van der Waals surface area contributed by atoms with Gasteiger partial charge in [0, 0.05) is 29.9 Å². The number of thiophene rings is 1. The molecule has 0 aliphatic carbocycles. The summed E-state index contributed by atoms with van der Waals surface area (Å²) in [4.78, 5) is 28.1. The molecule has 3 N–H and O–H groups in total. The summed E-state index contributed by atoms with van der Waals surface area (Å²) in [5.74, 6) is -0.597. The number of nitrogens with one attached hydrogen (secondary N) is 3. The summed E-state index contributed by atoms with van der Waals surface area (Å²) in [6, 6.07) is 1.30. The first kappa shape index (κ1) is 19.9. The molecule has 0 saturated heterocycles. The minimum absolute atomic E-state index is 0.0545. The Bertz CT molecular complexity index is 594. The predicted octanol–water partition coefficient (Wildman–Crippen LogP) is 2.35.